The summed E-state index contributed by atoms with van der Waals surface area (Å²) in [5, 5.41) is 0. The van der Waals surface area contributed by atoms with E-state index >= 15 is 0 Å². The Labute approximate surface area is 75.3 Å². The minimum atomic E-state index is -0.0440. The Morgan fingerprint density at radius 3 is 2.64 bits per heavy atom. The molecule has 0 bridgehead atoms. The van der Waals surface area contributed by atoms with E-state index in [1.54, 1.807) is 6.07 Å². The van der Waals surface area contributed by atoms with E-state index in [1.807, 2.05) is 18.2 Å². The molecule has 54 valence electrons. The average molecular weight is 209 g/mol. The molecule has 0 aliphatic carbocycles. The van der Waals surface area contributed by atoms with Gasteiger partial charge in [-0.25, -0.2) is 0 Å². The van der Waals surface area contributed by atoms with Crippen LogP contribution in [0.5, 0.6) is 0 Å². The van der Waals surface area contributed by atoms with E-state index in [0.29, 0.717) is 5.56 Å². The normalized spacial score (nSPS) is 9.55. The highest BCUT2D eigenvalue weighted by Crippen LogP contribution is 2.16. The van der Waals surface area contributed by atoms with Crippen molar-refractivity contribution in [2.45, 2.75) is 6.32 Å². The lowest BCUT2D eigenvalue weighted by Crippen LogP contribution is -1.97. The zero-order valence-corrected chi connectivity index (χ0v) is 7.47. The third-order valence-electron chi connectivity index (χ3n) is 1.36. The molecule has 1 nitrogen and oxygen atoms in total. The molecule has 1 aromatic carbocycles. The summed E-state index contributed by atoms with van der Waals surface area (Å²) >= 11 is 3.26. The highest BCUT2D eigenvalue weighted by atomic mass is 79.9. The van der Waals surface area contributed by atoms with Gasteiger partial charge in [0, 0.05) is 10.0 Å². The first-order valence-electron chi connectivity index (χ1n) is 3.23. The van der Waals surface area contributed by atoms with Crippen LogP contribution < -0.4 is 0 Å². The van der Waals surface area contributed by atoms with E-state index in [0.717, 1.165) is 4.47 Å². The van der Waals surface area contributed by atoms with Crippen molar-refractivity contribution in [3.8, 4) is 0 Å². The average Bonchev–Trinajstić information content (AvgIpc) is 2.04. The van der Waals surface area contributed by atoms with E-state index in [-0.39, 0.29) is 12.1 Å². The monoisotopic (exact) mass is 208 g/mol. The van der Waals surface area contributed by atoms with E-state index in [9.17, 15) is 4.79 Å². The standard InChI is InChI=1S/C8H6BBrO/c9-5-8(11)6-3-1-2-4-7(6)10/h1-4H,5H2. The quantitative estimate of drug-likeness (QED) is 0.538. The number of ketones is 1. The zero-order chi connectivity index (χ0) is 8.27. The van der Waals surface area contributed by atoms with Crippen LogP contribution in [0.4, 0.5) is 0 Å². The summed E-state index contributed by atoms with van der Waals surface area (Å²) in [5.74, 6) is -0.0440. The van der Waals surface area contributed by atoms with Crippen LogP contribution in [0.2, 0.25) is 6.32 Å². The van der Waals surface area contributed by atoms with Gasteiger partial charge in [0.15, 0.2) is 5.78 Å². The van der Waals surface area contributed by atoms with E-state index < -0.39 is 0 Å². The van der Waals surface area contributed by atoms with Crippen molar-refractivity contribution in [3.05, 3.63) is 34.3 Å². The maximum Gasteiger partial charge on any atom is 0.155 e. The number of hydrogen-bond donors (Lipinski definition) is 0. The SMILES string of the molecule is [B]CC(=O)c1ccccc1Br. The molecule has 1 aromatic rings. The molecule has 0 N–H and O–H groups in total. The second kappa shape index (κ2) is 3.72. The minimum Gasteiger partial charge on any atom is -0.295 e. The van der Waals surface area contributed by atoms with E-state index in [4.69, 9.17) is 7.85 Å². The lowest BCUT2D eigenvalue weighted by atomic mass is 9.96. The molecule has 0 aliphatic rings. The van der Waals surface area contributed by atoms with Crippen LogP contribution >= 0.6 is 15.9 Å². The fourth-order valence-electron chi connectivity index (χ4n) is 0.797. The van der Waals surface area contributed by atoms with Crippen LogP contribution in [0.1, 0.15) is 10.4 Å². The van der Waals surface area contributed by atoms with Gasteiger partial charge >= 0.3 is 0 Å². The first-order chi connectivity index (χ1) is 5.25. The molecule has 0 amide bonds. The molecule has 2 radical (unpaired) electrons. The summed E-state index contributed by atoms with van der Waals surface area (Å²) in [5.41, 5.74) is 0.648. The molecule has 0 heterocycles. The number of benzene rings is 1. The van der Waals surface area contributed by atoms with Gasteiger partial charge in [-0.05, 0) is 12.4 Å². The van der Waals surface area contributed by atoms with Crippen LogP contribution in [0.3, 0.4) is 0 Å². The Kier molecular flexibility index (Phi) is 2.88. The Hall–Kier alpha value is -0.565. The first-order valence-corrected chi connectivity index (χ1v) is 4.03. The molecule has 3 heteroatoms. The van der Waals surface area contributed by atoms with Gasteiger partial charge < -0.3 is 0 Å². The summed E-state index contributed by atoms with van der Waals surface area (Å²) in [6, 6.07) is 7.24. The topological polar surface area (TPSA) is 17.1 Å². The van der Waals surface area contributed by atoms with Crippen molar-refractivity contribution in [2.24, 2.45) is 0 Å². The van der Waals surface area contributed by atoms with Gasteiger partial charge in [-0.3, -0.25) is 4.79 Å². The van der Waals surface area contributed by atoms with Crippen molar-refractivity contribution >= 4 is 29.6 Å². The van der Waals surface area contributed by atoms with Crippen molar-refractivity contribution in [2.75, 3.05) is 0 Å². The van der Waals surface area contributed by atoms with Gasteiger partial charge in [0.2, 0.25) is 0 Å². The van der Waals surface area contributed by atoms with Crippen LogP contribution in [-0.4, -0.2) is 13.6 Å². The van der Waals surface area contributed by atoms with Gasteiger partial charge in [0.05, 0.1) is 7.85 Å². The van der Waals surface area contributed by atoms with Crippen molar-refractivity contribution < 1.29 is 4.79 Å². The number of halogens is 1. The summed E-state index contributed by atoms with van der Waals surface area (Å²) in [6.07, 6.45) is 0.0581. The zero-order valence-electron chi connectivity index (χ0n) is 5.88. The smallest absolute Gasteiger partial charge is 0.155 e. The maximum absolute atomic E-state index is 11.1. The molecule has 11 heavy (non-hydrogen) atoms. The van der Waals surface area contributed by atoms with Crippen molar-refractivity contribution in [1.29, 1.82) is 0 Å². The summed E-state index contributed by atoms with van der Waals surface area (Å²) < 4.78 is 0.801. The molecule has 1 rings (SSSR count). The largest absolute Gasteiger partial charge is 0.295 e. The van der Waals surface area contributed by atoms with Crippen LogP contribution in [0.15, 0.2) is 28.7 Å². The fourth-order valence-corrected chi connectivity index (χ4v) is 1.30. The fraction of sp³-hybridized carbons (Fsp3) is 0.125. The molecule has 0 aromatic heterocycles. The van der Waals surface area contributed by atoms with Gasteiger partial charge in [0.1, 0.15) is 0 Å². The minimum absolute atomic E-state index is 0.0440. The molecule has 0 saturated heterocycles. The molecule has 0 aliphatic heterocycles. The van der Waals surface area contributed by atoms with Crippen LogP contribution in [0, 0.1) is 0 Å². The van der Waals surface area contributed by atoms with Crippen molar-refractivity contribution in [1.82, 2.24) is 0 Å². The maximum atomic E-state index is 11.1. The second-order valence-corrected chi connectivity index (χ2v) is 2.96. The Morgan fingerprint density at radius 1 is 1.45 bits per heavy atom. The van der Waals surface area contributed by atoms with Crippen molar-refractivity contribution in [3.63, 3.8) is 0 Å². The molecular formula is C8H6BBrO. The number of rotatable bonds is 2. The highest BCUT2D eigenvalue weighted by Gasteiger charge is 2.04. The first kappa shape index (κ1) is 8.53. The number of carbonyl (C=O) groups excluding carboxylic acids is 1. The summed E-state index contributed by atoms with van der Waals surface area (Å²) in [4.78, 5) is 11.1. The highest BCUT2D eigenvalue weighted by molar-refractivity contribution is 9.10. The van der Waals surface area contributed by atoms with Crippen LogP contribution in [-0.2, 0) is 0 Å². The molecule has 0 atom stereocenters. The summed E-state index contributed by atoms with van der Waals surface area (Å²) in [7, 11) is 5.20. The van der Waals surface area contributed by atoms with Gasteiger partial charge in [0.25, 0.3) is 0 Å². The third-order valence-corrected chi connectivity index (χ3v) is 2.05. The van der Waals surface area contributed by atoms with Gasteiger partial charge in [-0.1, -0.05) is 34.1 Å². The van der Waals surface area contributed by atoms with Gasteiger partial charge in [-0.2, -0.15) is 0 Å². The molecule has 0 fully saturated rings. The Balaban J connectivity index is 3.03. The predicted molar refractivity (Wildman–Crippen MR) is 49.0 cm³/mol. The second-order valence-electron chi connectivity index (χ2n) is 2.11. The Morgan fingerprint density at radius 2 is 2.09 bits per heavy atom. The Bertz CT molecular complexity index is 273. The lowest BCUT2D eigenvalue weighted by molar-refractivity contribution is 0.101. The van der Waals surface area contributed by atoms with E-state index in [2.05, 4.69) is 15.9 Å². The molecule has 0 unspecified atom stereocenters. The molecule has 0 saturated carbocycles. The lowest BCUT2D eigenvalue weighted by Gasteiger charge is -1.99. The number of Topliss-reactive ketones (excluding diaryl/α,β-unsaturated/α-hetero) is 1. The predicted octanol–water partition coefficient (Wildman–Crippen LogP) is 2.22. The van der Waals surface area contributed by atoms with Gasteiger partial charge in [-0.15, -0.1) is 0 Å². The summed E-state index contributed by atoms with van der Waals surface area (Å²) in [6.45, 7) is 0. The molecule has 0 spiro atoms. The third kappa shape index (κ3) is 1.93. The molecular weight excluding hydrogens is 203 g/mol. The number of hydrogen-bond acceptors (Lipinski definition) is 1. The van der Waals surface area contributed by atoms with E-state index in [1.165, 1.54) is 0 Å². The number of carbonyl (C=O) groups is 1. The van der Waals surface area contributed by atoms with Crippen LogP contribution in [0.25, 0.3) is 0 Å².